The maximum Gasteiger partial charge on any atom is 0.191 e. The highest BCUT2D eigenvalue weighted by Gasteiger charge is 2.00. The van der Waals surface area contributed by atoms with E-state index < -0.39 is 0 Å². The van der Waals surface area contributed by atoms with Crippen molar-refractivity contribution >= 4 is 29.9 Å². The Hall–Kier alpha value is -1.57. The Morgan fingerprint density at radius 1 is 1.26 bits per heavy atom. The van der Waals surface area contributed by atoms with Crippen LogP contribution in [0.4, 0.5) is 0 Å². The van der Waals surface area contributed by atoms with Gasteiger partial charge in [0.2, 0.25) is 0 Å². The fraction of sp³-hybridized carbons (Fsp3) is 0.412. The van der Waals surface area contributed by atoms with Crippen LogP contribution >= 0.6 is 24.0 Å². The van der Waals surface area contributed by atoms with Gasteiger partial charge in [-0.25, -0.2) is 4.99 Å². The molecule has 0 aliphatic rings. The van der Waals surface area contributed by atoms with Crippen LogP contribution in [0.5, 0.6) is 0 Å². The normalized spacial score (nSPS) is 11.0. The van der Waals surface area contributed by atoms with E-state index in [0.717, 1.165) is 25.5 Å². The molecule has 0 aliphatic heterocycles. The fourth-order valence-electron chi connectivity index (χ4n) is 2.25. The van der Waals surface area contributed by atoms with E-state index in [1.54, 1.807) is 0 Å². The smallest absolute Gasteiger partial charge is 0.191 e. The SMILES string of the molecule is CCNC(=NCc1cccc(C)c1)NCCc1cnn(C)c1.I. The van der Waals surface area contributed by atoms with Crippen molar-refractivity contribution in [3.63, 3.8) is 0 Å². The fourth-order valence-corrected chi connectivity index (χ4v) is 2.25. The Kier molecular flexibility index (Phi) is 8.68. The molecule has 1 aromatic heterocycles. The molecule has 2 N–H and O–H groups in total. The van der Waals surface area contributed by atoms with Gasteiger partial charge in [0.05, 0.1) is 12.7 Å². The minimum atomic E-state index is 0. The van der Waals surface area contributed by atoms with Crippen molar-refractivity contribution in [2.24, 2.45) is 12.0 Å². The van der Waals surface area contributed by atoms with E-state index in [4.69, 9.17) is 0 Å². The summed E-state index contributed by atoms with van der Waals surface area (Å²) < 4.78 is 1.83. The second-order valence-corrected chi connectivity index (χ2v) is 5.38. The first kappa shape index (κ1) is 19.5. The maximum absolute atomic E-state index is 4.63. The van der Waals surface area contributed by atoms with Crippen molar-refractivity contribution < 1.29 is 0 Å². The molecule has 0 amide bonds. The molecule has 2 aromatic rings. The molecular weight excluding hydrogens is 401 g/mol. The van der Waals surface area contributed by atoms with Gasteiger partial charge in [0.1, 0.15) is 0 Å². The average molecular weight is 427 g/mol. The Morgan fingerprint density at radius 3 is 2.74 bits per heavy atom. The standard InChI is InChI=1S/C17H25N5.HI/c1-4-18-17(19-9-8-16-12-21-22(3)13-16)20-11-15-7-5-6-14(2)10-15;/h5-7,10,12-13H,4,8-9,11H2,1-3H3,(H2,18,19,20);1H. The number of nitrogens with zero attached hydrogens (tertiary/aromatic N) is 3. The second-order valence-electron chi connectivity index (χ2n) is 5.38. The number of hydrogen-bond acceptors (Lipinski definition) is 2. The zero-order valence-corrected chi connectivity index (χ0v) is 16.4. The molecule has 1 aromatic carbocycles. The lowest BCUT2D eigenvalue weighted by Crippen LogP contribution is -2.38. The number of hydrogen-bond donors (Lipinski definition) is 2. The Morgan fingerprint density at radius 2 is 2.09 bits per heavy atom. The first-order valence-electron chi connectivity index (χ1n) is 7.72. The van der Waals surface area contributed by atoms with Gasteiger partial charge in [-0.15, -0.1) is 24.0 Å². The van der Waals surface area contributed by atoms with Crippen LogP contribution < -0.4 is 10.6 Å². The first-order valence-corrected chi connectivity index (χ1v) is 7.72. The van der Waals surface area contributed by atoms with Gasteiger partial charge >= 0.3 is 0 Å². The molecule has 6 heteroatoms. The van der Waals surface area contributed by atoms with E-state index in [-0.39, 0.29) is 24.0 Å². The molecule has 0 fully saturated rings. The number of guanidine groups is 1. The number of aryl methyl sites for hydroxylation is 2. The molecule has 2 rings (SSSR count). The summed E-state index contributed by atoms with van der Waals surface area (Å²) in [5.41, 5.74) is 3.72. The molecule has 0 atom stereocenters. The molecule has 0 unspecified atom stereocenters. The highest BCUT2D eigenvalue weighted by Crippen LogP contribution is 2.05. The molecule has 0 saturated heterocycles. The number of halogens is 1. The molecule has 5 nitrogen and oxygen atoms in total. The number of nitrogens with one attached hydrogen (secondary N) is 2. The van der Waals surface area contributed by atoms with Gasteiger partial charge in [-0.3, -0.25) is 4.68 Å². The highest BCUT2D eigenvalue weighted by atomic mass is 127. The largest absolute Gasteiger partial charge is 0.357 e. The third kappa shape index (κ3) is 7.02. The van der Waals surface area contributed by atoms with Crippen molar-refractivity contribution in [3.8, 4) is 0 Å². The number of benzene rings is 1. The van der Waals surface area contributed by atoms with Crippen LogP contribution in [0.3, 0.4) is 0 Å². The monoisotopic (exact) mass is 427 g/mol. The summed E-state index contributed by atoms with van der Waals surface area (Å²) in [6.07, 6.45) is 4.87. The summed E-state index contributed by atoms with van der Waals surface area (Å²) in [5.74, 6) is 0.855. The Bertz CT molecular complexity index is 621. The van der Waals surface area contributed by atoms with Gasteiger partial charge in [0.25, 0.3) is 0 Å². The van der Waals surface area contributed by atoms with E-state index >= 15 is 0 Å². The molecule has 0 bridgehead atoms. The summed E-state index contributed by atoms with van der Waals surface area (Å²) in [6.45, 7) is 6.55. The molecule has 1 heterocycles. The molecule has 0 spiro atoms. The van der Waals surface area contributed by atoms with Crippen LogP contribution in [0.25, 0.3) is 0 Å². The summed E-state index contributed by atoms with van der Waals surface area (Å²) >= 11 is 0. The van der Waals surface area contributed by atoms with Gasteiger partial charge < -0.3 is 10.6 Å². The van der Waals surface area contributed by atoms with Crippen LogP contribution in [-0.2, 0) is 20.0 Å². The van der Waals surface area contributed by atoms with Gasteiger partial charge in [-0.2, -0.15) is 5.10 Å². The molecule has 0 radical (unpaired) electrons. The van der Waals surface area contributed by atoms with E-state index in [1.807, 2.05) is 24.1 Å². The Balaban J connectivity index is 0.00000264. The molecular formula is C17H26IN5. The van der Waals surface area contributed by atoms with Crippen LogP contribution in [0.1, 0.15) is 23.6 Å². The molecule has 0 aliphatic carbocycles. The first-order chi connectivity index (χ1) is 10.7. The second kappa shape index (κ2) is 10.3. The number of aliphatic imine (C=N–C) groups is 1. The van der Waals surface area contributed by atoms with Crippen molar-refractivity contribution in [3.05, 3.63) is 53.3 Å². The van der Waals surface area contributed by atoms with Crippen molar-refractivity contribution in [2.45, 2.75) is 26.8 Å². The minimum Gasteiger partial charge on any atom is -0.357 e. The number of aromatic nitrogens is 2. The maximum atomic E-state index is 4.63. The van der Waals surface area contributed by atoms with Gasteiger partial charge in [0, 0.05) is 26.3 Å². The lowest BCUT2D eigenvalue weighted by molar-refractivity contribution is 0.765. The quantitative estimate of drug-likeness (QED) is 0.424. The van der Waals surface area contributed by atoms with Crippen molar-refractivity contribution in [1.29, 1.82) is 0 Å². The molecule has 126 valence electrons. The van der Waals surface area contributed by atoms with E-state index in [1.165, 1.54) is 16.7 Å². The Labute approximate surface area is 155 Å². The minimum absolute atomic E-state index is 0. The van der Waals surface area contributed by atoms with Crippen LogP contribution in [0, 0.1) is 6.92 Å². The third-order valence-corrected chi connectivity index (χ3v) is 3.31. The van der Waals surface area contributed by atoms with Crippen LogP contribution in [-0.4, -0.2) is 28.8 Å². The van der Waals surface area contributed by atoms with E-state index in [0.29, 0.717) is 6.54 Å². The van der Waals surface area contributed by atoms with Gasteiger partial charge in [0.15, 0.2) is 5.96 Å². The average Bonchev–Trinajstić information content (AvgIpc) is 2.90. The zero-order valence-electron chi connectivity index (χ0n) is 14.0. The van der Waals surface area contributed by atoms with Crippen molar-refractivity contribution in [2.75, 3.05) is 13.1 Å². The number of rotatable bonds is 6. The summed E-state index contributed by atoms with van der Waals surface area (Å²) in [5, 5.41) is 10.8. The van der Waals surface area contributed by atoms with E-state index in [9.17, 15) is 0 Å². The summed E-state index contributed by atoms with van der Waals surface area (Å²) in [4.78, 5) is 4.63. The van der Waals surface area contributed by atoms with Crippen molar-refractivity contribution in [1.82, 2.24) is 20.4 Å². The zero-order chi connectivity index (χ0) is 15.8. The summed E-state index contributed by atoms with van der Waals surface area (Å²) in [7, 11) is 1.93. The predicted octanol–water partition coefficient (Wildman–Crippen LogP) is 2.64. The molecule has 0 saturated carbocycles. The van der Waals surface area contributed by atoms with Crippen LogP contribution in [0.2, 0.25) is 0 Å². The topological polar surface area (TPSA) is 54.2 Å². The van der Waals surface area contributed by atoms with Gasteiger partial charge in [-0.1, -0.05) is 29.8 Å². The third-order valence-electron chi connectivity index (χ3n) is 3.31. The molecule has 23 heavy (non-hydrogen) atoms. The lowest BCUT2D eigenvalue weighted by atomic mass is 10.1. The highest BCUT2D eigenvalue weighted by molar-refractivity contribution is 14.0. The van der Waals surface area contributed by atoms with E-state index in [2.05, 4.69) is 58.8 Å². The van der Waals surface area contributed by atoms with Gasteiger partial charge in [-0.05, 0) is 31.4 Å². The van der Waals surface area contributed by atoms with Crippen LogP contribution in [0.15, 0.2) is 41.7 Å². The summed E-state index contributed by atoms with van der Waals surface area (Å²) in [6, 6.07) is 8.45. The lowest BCUT2D eigenvalue weighted by Gasteiger charge is -2.11. The predicted molar refractivity (Wildman–Crippen MR) is 106 cm³/mol.